The van der Waals surface area contributed by atoms with Gasteiger partial charge in [0, 0.05) is 17.4 Å². The molecular formula is C26H39NO3. The average molecular weight is 414 g/mol. The highest BCUT2D eigenvalue weighted by molar-refractivity contribution is 6.01. The predicted octanol–water partition coefficient (Wildman–Crippen LogP) is 5.97. The van der Waals surface area contributed by atoms with Crippen LogP contribution in [-0.2, 0) is 9.53 Å². The van der Waals surface area contributed by atoms with Crippen molar-refractivity contribution in [1.82, 2.24) is 5.32 Å². The van der Waals surface area contributed by atoms with Crippen molar-refractivity contribution in [3.05, 3.63) is 23.8 Å². The Kier molecular flexibility index (Phi) is 5.65. The van der Waals surface area contributed by atoms with Gasteiger partial charge in [-0.1, -0.05) is 45.8 Å². The SMILES string of the molecule is CCCCNC(=O)O[C@]1(CC)CC[C@H]2[C@@H]3CCC4=CC(=O)C=C[C@]4(C)[C@H]3CC[C@@]21C. The molecular weight excluding hydrogens is 374 g/mol. The molecule has 0 bridgehead atoms. The molecule has 0 aromatic heterocycles. The summed E-state index contributed by atoms with van der Waals surface area (Å²) in [6.07, 6.45) is 15.1. The quantitative estimate of drug-likeness (QED) is 0.565. The van der Waals surface area contributed by atoms with Gasteiger partial charge in [0.05, 0.1) is 0 Å². The minimum absolute atomic E-state index is 0.0218. The van der Waals surface area contributed by atoms with Crippen LogP contribution in [0.25, 0.3) is 0 Å². The molecule has 0 unspecified atom stereocenters. The van der Waals surface area contributed by atoms with Gasteiger partial charge in [0.15, 0.2) is 5.78 Å². The first-order chi connectivity index (χ1) is 14.3. The summed E-state index contributed by atoms with van der Waals surface area (Å²) in [6.45, 7) is 9.76. The van der Waals surface area contributed by atoms with Crippen LogP contribution in [0.3, 0.4) is 0 Å². The molecule has 4 aliphatic rings. The molecule has 30 heavy (non-hydrogen) atoms. The molecule has 166 valence electrons. The second kappa shape index (κ2) is 7.84. The van der Waals surface area contributed by atoms with E-state index in [2.05, 4.69) is 39.1 Å². The van der Waals surface area contributed by atoms with E-state index >= 15 is 0 Å². The number of carbonyl (C=O) groups is 2. The van der Waals surface area contributed by atoms with E-state index in [0.29, 0.717) is 24.3 Å². The topological polar surface area (TPSA) is 55.4 Å². The Balaban J connectivity index is 1.56. The summed E-state index contributed by atoms with van der Waals surface area (Å²) in [4.78, 5) is 24.6. The Morgan fingerprint density at radius 3 is 2.67 bits per heavy atom. The Morgan fingerprint density at radius 2 is 1.93 bits per heavy atom. The van der Waals surface area contributed by atoms with Crippen LogP contribution in [0.5, 0.6) is 0 Å². The molecule has 4 nitrogen and oxygen atoms in total. The van der Waals surface area contributed by atoms with Crippen LogP contribution in [0, 0.1) is 28.6 Å². The molecule has 1 N–H and O–H groups in total. The Hall–Kier alpha value is -1.58. The van der Waals surface area contributed by atoms with Crippen molar-refractivity contribution in [3.8, 4) is 0 Å². The van der Waals surface area contributed by atoms with Crippen LogP contribution >= 0.6 is 0 Å². The number of allylic oxidation sites excluding steroid dienone is 4. The number of ketones is 1. The minimum Gasteiger partial charge on any atom is -0.442 e. The zero-order valence-corrected chi connectivity index (χ0v) is 19.3. The van der Waals surface area contributed by atoms with E-state index in [1.165, 1.54) is 5.57 Å². The van der Waals surface area contributed by atoms with Gasteiger partial charge >= 0.3 is 6.09 Å². The second-order valence-corrected chi connectivity index (χ2v) is 10.6. The maximum Gasteiger partial charge on any atom is 0.407 e. The first-order valence-electron chi connectivity index (χ1n) is 12.2. The number of fused-ring (bicyclic) bond motifs is 5. The van der Waals surface area contributed by atoms with Gasteiger partial charge in [-0.25, -0.2) is 4.79 Å². The molecule has 6 atom stereocenters. The highest BCUT2D eigenvalue weighted by Crippen LogP contribution is 2.68. The second-order valence-electron chi connectivity index (χ2n) is 10.6. The summed E-state index contributed by atoms with van der Waals surface area (Å²) in [5.41, 5.74) is 1.05. The third-order valence-corrected chi connectivity index (χ3v) is 9.51. The van der Waals surface area contributed by atoms with Crippen LogP contribution < -0.4 is 5.32 Å². The molecule has 0 radical (unpaired) electrons. The summed E-state index contributed by atoms with van der Waals surface area (Å²) < 4.78 is 6.27. The normalized spacial score (nSPS) is 42.1. The first kappa shape index (κ1) is 21.6. The first-order valence-corrected chi connectivity index (χ1v) is 12.2. The van der Waals surface area contributed by atoms with Crippen molar-refractivity contribution in [2.45, 2.75) is 91.1 Å². The van der Waals surface area contributed by atoms with Crippen LogP contribution in [0.4, 0.5) is 4.79 Å². The van der Waals surface area contributed by atoms with Gasteiger partial charge in [-0.05, 0) is 81.3 Å². The third-order valence-electron chi connectivity index (χ3n) is 9.51. The number of hydrogen-bond donors (Lipinski definition) is 1. The highest BCUT2D eigenvalue weighted by Gasteiger charge is 2.65. The van der Waals surface area contributed by atoms with Crippen molar-refractivity contribution in [2.24, 2.45) is 28.6 Å². The molecule has 0 aromatic carbocycles. The molecule has 3 saturated carbocycles. The highest BCUT2D eigenvalue weighted by atomic mass is 16.6. The van der Waals surface area contributed by atoms with Crippen molar-refractivity contribution in [2.75, 3.05) is 6.54 Å². The van der Waals surface area contributed by atoms with Gasteiger partial charge < -0.3 is 10.1 Å². The Bertz CT molecular complexity index is 770. The monoisotopic (exact) mass is 413 g/mol. The van der Waals surface area contributed by atoms with E-state index in [-0.39, 0.29) is 28.3 Å². The zero-order chi connectivity index (χ0) is 21.6. The number of amides is 1. The molecule has 1 amide bonds. The van der Waals surface area contributed by atoms with Gasteiger partial charge in [-0.3, -0.25) is 4.79 Å². The largest absolute Gasteiger partial charge is 0.442 e. The van der Waals surface area contributed by atoms with E-state index in [4.69, 9.17) is 4.74 Å². The molecule has 3 fully saturated rings. The molecule has 0 saturated heterocycles. The predicted molar refractivity (Wildman–Crippen MR) is 119 cm³/mol. The summed E-state index contributed by atoms with van der Waals surface area (Å²) in [5, 5.41) is 2.98. The lowest BCUT2D eigenvalue weighted by Crippen LogP contribution is -2.56. The van der Waals surface area contributed by atoms with Crippen molar-refractivity contribution >= 4 is 11.9 Å². The number of nitrogens with one attached hydrogen (secondary N) is 1. The lowest BCUT2D eigenvalue weighted by molar-refractivity contribution is -0.126. The number of unbranched alkanes of at least 4 members (excludes halogenated alkanes) is 1. The summed E-state index contributed by atoms with van der Waals surface area (Å²) in [7, 11) is 0. The van der Waals surface area contributed by atoms with Gasteiger partial charge in [-0.15, -0.1) is 0 Å². The van der Waals surface area contributed by atoms with Gasteiger partial charge in [0.2, 0.25) is 0 Å². The lowest BCUT2D eigenvalue weighted by Gasteiger charge is -2.58. The number of ether oxygens (including phenoxy) is 1. The zero-order valence-electron chi connectivity index (χ0n) is 19.3. The third kappa shape index (κ3) is 3.17. The average Bonchev–Trinajstić information content (AvgIpc) is 3.01. The molecule has 4 rings (SSSR count). The van der Waals surface area contributed by atoms with E-state index in [9.17, 15) is 9.59 Å². The maximum absolute atomic E-state index is 12.6. The lowest BCUT2D eigenvalue weighted by atomic mass is 9.47. The van der Waals surface area contributed by atoms with Crippen LogP contribution in [0.15, 0.2) is 23.8 Å². The maximum atomic E-state index is 12.6. The molecule has 0 aliphatic heterocycles. The van der Waals surface area contributed by atoms with Gasteiger partial charge in [0.1, 0.15) is 5.60 Å². The smallest absolute Gasteiger partial charge is 0.407 e. The molecule has 0 spiro atoms. The van der Waals surface area contributed by atoms with E-state index in [1.54, 1.807) is 6.08 Å². The fourth-order valence-corrected chi connectivity index (χ4v) is 7.69. The minimum atomic E-state index is -0.353. The molecule has 4 aliphatic carbocycles. The summed E-state index contributed by atoms with van der Waals surface area (Å²) in [6, 6.07) is 0. The number of rotatable bonds is 5. The Labute approximate surface area is 181 Å². The molecule has 0 aromatic rings. The van der Waals surface area contributed by atoms with Gasteiger partial charge in [0.25, 0.3) is 0 Å². The molecule has 4 heteroatoms. The van der Waals surface area contributed by atoms with Gasteiger partial charge in [-0.2, -0.15) is 0 Å². The van der Waals surface area contributed by atoms with E-state index < -0.39 is 0 Å². The van der Waals surface area contributed by atoms with E-state index in [1.807, 2.05) is 6.08 Å². The summed E-state index contributed by atoms with van der Waals surface area (Å²) in [5.74, 6) is 1.97. The van der Waals surface area contributed by atoms with Crippen LogP contribution in [0.2, 0.25) is 0 Å². The number of alkyl carbamates (subject to hydrolysis) is 1. The fraction of sp³-hybridized carbons (Fsp3) is 0.769. The number of carbonyl (C=O) groups excluding carboxylic acids is 2. The van der Waals surface area contributed by atoms with Crippen molar-refractivity contribution in [3.63, 3.8) is 0 Å². The fourth-order valence-electron chi connectivity index (χ4n) is 7.69. The summed E-state index contributed by atoms with van der Waals surface area (Å²) >= 11 is 0. The van der Waals surface area contributed by atoms with E-state index in [0.717, 1.165) is 57.8 Å². The molecule has 0 heterocycles. The van der Waals surface area contributed by atoms with Crippen molar-refractivity contribution < 1.29 is 14.3 Å². The van der Waals surface area contributed by atoms with Crippen molar-refractivity contribution in [1.29, 1.82) is 0 Å². The number of hydrogen-bond acceptors (Lipinski definition) is 3. The Morgan fingerprint density at radius 1 is 1.17 bits per heavy atom. The standard InChI is InChI=1S/C26H39NO3/c1-5-7-16-27-23(29)30-26(6-2)15-12-22-20-9-8-18-17-19(28)10-13-24(18,3)21(20)11-14-25(22,26)4/h10,13,17,20-22H,5-9,11-12,14-16H2,1-4H3,(H,27,29)/t20-,21+,22+,24+,25+,26-/m1/s1. The van der Waals surface area contributed by atoms with Crippen LogP contribution in [0.1, 0.15) is 85.5 Å². The van der Waals surface area contributed by atoms with Crippen LogP contribution in [-0.4, -0.2) is 24.0 Å².